The molecule has 17 heavy (non-hydrogen) atoms. The number of rotatable bonds is 4. The predicted molar refractivity (Wildman–Crippen MR) is 71.4 cm³/mol. The Morgan fingerprint density at radius 2 is 2.06 bits per heavy atom. The van der Waals surface area contributed by atoms with E-state index in [1.165, 1.54) is 25.7 Å². The van der Waals surface area contributed by atoms with Crippen LogP contribution >= 0.6 is 11.6 Å². The molecule has 1 fully saturated rings. The third kappa shape index (κ3) is 3.14. The van der Waals surface area contributed by atoms with Crippen molar-refractivity contribution in [1.82, 2.24) is 5.32 Å². The number of hydrogen-bond acceptors (Lipinski definition) is 2. The van der Waals surface area contributed by atoms with Crippen molar-refractivity contribution in [2.24, 2.45) is 5.41 Å². The van der Waals surface area contributed by atoms with E-state index in [0.717, 1.165) is 12.1 Å². The van der Waals surface area contributed by atoms with Crippen molar-refractivity contribution in [3.8, 4) is 5.75 Å². The van der Waals surface area contributed by atoms with Gasteiger partial charge in [-0.05, 0) is 24.3 Å². The van der Waals surface area contributed by atoms with Crippen molar-refractivity contribution >= 4 is 11.6 Å². The first-order valence-corrected chi connectivity index (χ1v) is 6.66. The lowest BCUT2D eigenvalue weighted by Gasteiger charge is -2.24. The molecule has 0 atom stereocenters. The molecule has 1 saturated carbocycles. The molecule has 1 aromatic rings. The fourth-order valence-corrected chi connectivity index (χ4v) is 2.80. The molecule has 0 radical (unpaired) electrons. The predicted octanol–water partition coefficient (Wildman–Crippen LogP) is 3.72. The number of phenols is 1. The number of hydrogen-bond donors (Lipinski definition) is 2. The highest BCUT2D eigenvalue weighted by Crippen LogP contribution is 2.36. The van der Waals surface area contributed by atoms with Crippen LogP contribution in [0, 0.1) is 5.41 Å². The first-order chi connectivity index (χ1) is 8.11. The molecule has 1 aliphatic rings. The summed E-state index contributed by atoms with van der Waals surface area (Å²) >= 11 is 5.87. The summed E-state index contributed by atoms with van der Waals surface area (Å²) in [5.74, 6) is 0.207. The van der Waals surface area contributed by atoms with E-state index in [1.54, 1.807) is 6.07 Å². The number of nitrogens with one attached hydrogen (secondary N) is 1. The van der Waals surface area contributed by atoms with Crippen molar-refractivity contribution in [3.05, 3.63) is 28.8 Å². The molecule has 0 saturated heterocycles. The van der Waals surface area contributed by atoms with Gasteiger partial charge in [0.1, 0.15) is 5.75 Å². The van der Waals surface area contributed by atoms with E-state index in [2.05, 4.69) is 12.2 Å². The van der Waals surface area contributed by atoms with Gasteiger partial charge in [-0.1, -0.05) is 43.5 Å². The summed E-state index contributed by atoms with van der Waals surface area (Å²) in [7, 11) is 0. The minimum atomic E-state index is 0.207. The van der Waals surface area contributed by atoms with Gasteiger partial charge in [0, 0.05) is 18.7 Å². The monoisotopic (exact) mass is 253 g/mol. The second-order valence-electron chi connectivity index (χ2n) is 5.37. The molecular weight excluding hydrogens is 234 g/mol. The molecule has 1 aliphatic carbocycles. The Hall–Kier alpha value is -0.730. The molecule has 0 amide bonds. The molecule has 0 spiro atoms. The first kappa shape index (κ1) is 12.7. The van der Waals surface area contributed by atoms with E-state index < -0.39 is 0 Å². The Morgan fingerprint density at radius 3 is 2.76 bits per heavy atom. The normalized spacial score (nSPS) is 18.5. The molecule has 0 unspecified atom stereocenters. The SMILES string of the molecule is CC1(CNCc2cccc(Cl)c2O)CCCC1. The highest BCUT2D eigenvalue weighted by molar-refractivity contribution is 6.32. The average Bonchev–Trinajstić information content (AvgIpc) is 2.72. The van der Waals surface area contributed by atoms with Gasteiger partial charge in [0.25, 0.3) is 0 Å². The lowest BCUT2D eigenvalue weighted by Crippen LogP contribution is -2.29. The molecule has 2 nitrogen and oxygen atoms in total. The second kappa shape index (κ2) is 5.28. The zero-order valence-corrected chi connectivity index (χ0v) is 11.1. The highest BCUT2D eigenvalue weighted by atomic mass is 35.5. The molecule has 0 aliphatic heterocycles. The topological polar surface area (TPSA) is 32.3 Å². The maximum Gasteiger partial charge on any atom is 0.138 e. The van der Waals surface area contributed by atoms with E-state index in [9.17, 15) is 5.11 Å². The molecule has 2 rings (SSSR count). The van der Waals surface area contributed by atoms with Gasteiger partial charge in [-0.2, -0.15) is 0 Å². The van der Waals surface area contributed by atoms with Gasteiger partial charge in [0.15, 0.2) is 0 Å². The minimum absolute atomic E-state index is 0.207. The van der Waals surface area contributed by atoms with Crippen molar-refractivity contribution < 1.29 is 5.11 Å². The van der Waals surface area contributed by atoms with Crippen LogP contribution < -0.4 is 5.32 Å². The Balaban J connectivity index is 1.88. The Morgan fingerprint density at radius 1 is 1.35 bits per heavy atom. The van der Waals surface area contributed by atoms with Gasteiger partial charge >= 0.3 is 0 Å². The summed E-state index contributed by atoms with van der Waals surface area (Å²) in [6.45, 7) is 4.03. The fourth-order valence-electron chi connectivity index (χ4n) is 2.61. The Kier molecular flexibility index (Phi) is 3.95. The van der Waals surface area contributed by atoms with Crippen molar-refractivity contribution in [2.45, 2.75) is 39.2 Å². The van der Waals surface area contributed by atoms with Crippen LogP contribution in [-0.2, 0) is 6.54 Å². The summed E-state index contributed by atoms with van der Waals surface area (Å²) in [5, 5.41) is 13.6. The van der Waals surface area contributed by atoms with E-state index in [-0.39, 0.29) is 5.75 Å². The Bertz CT molecular complexity index is 386. The minimum Gasteiger partial charge on any atom is -0.506 e. The number of phenolic OH excluding ortho intramolecular Hbond substituents is 1. The molecule has 94 valence electrons. The number of aromatic hydroxyl groups is 1. The van der Waals surface area contributed by atoms with Crippen LogP contribution in [-0.4, -0.2) is 11.7 Å². The van der Waals surface area contributed by atoms with Crippen molar-refractivity contribution in [1.29, 1.82) is 0 Å². The van der Waals surface area contributed by atoms with E-state index in [4.69, 9.17) is 11.6 Å². The van der Waals surface area contributed by atoms with Crippen molar-refractivity contribution in [2.75, 3.05) is 6.54 Å². The first-order valence-electron chi connectivity index (χ1n) is 6.28. The molecule has 0 aromatic heterocycles. The van der Waals surface area contributed by atoms with Crippen LogP contribution in [0.5, 0.6) is 5.75 Å². The number of benzene rings is 1. The van der Waals surface area contributed by atoms with Gasteiger partial charge < -0.3 is 10.4 Å². The highest BCUT2D eigenvalue weighted by Gasteiger charge is 2.27. The van der Waals surface area contributed by atoms with Gasteiger partial charge in [0.05, 0.1) is 5.02 Å². The van der Waals surface area contributed by atoms with Crippen LogP contribution in [0.25, 0.3) is 0 Å². The molecule has 0 bridgehead atoms. The van der Waals surface area contributed by atoms with Crippen LogP contribution in [0.15, 0.2) is 18.2 Å². The Labute approximate surface area is 108 Å². The molecule has 2 N–H and O–H groups in total. The zero-order valence-electron chi connectivity index (χ0n) is 10.3. The maximum absolute atomic E-state index is 9.78. The third-order valence-corrected chi connectivity index (χ3v) is 4.05. The van der Waals surface area contributed by atoms with Crippen molar-refractivity contribution in [3.63, 3.8) is 0 Å². The maximum atomic E-state index is 9.78. The number of halogens is 1. The average molecular weight is 254 g/mol. The van der Waals surface area contributed by atoms with Gasteiger partial charge in [-0.3, -0.25) is 0 Å². The molecular formula is C14H20ClNO. The summed E-state index contributed by atoms with van der Waals surface area (Å²) < 4.78 is 0. The summed E-state index contributed by atoms with van der Waals surface area (Å²) in [5.41, 5.74) is 1.31. The largest absolute Gasteiger partial charge is 0.506 e. The summed E-state index contributed by atoms with van der Waals surface area (Å²) in [6.07, 6.45) is 5.31. The van der Waals surface area contributed by atoms with Gasteiger partial charge in [-0.15, -0.1) is 0 Å². The van der Waals surface area contributed by atoms with E-state index in [0.29, 0.717) is 17.0 Å². The molecule has 1 aromatic carbocycles. The second-order valence-corrected chi connectivity index (χ2v) is 5.78. The summed E-state index contributed by atoms with van der Waals surface area (Å²) in [4.78, 5) is 0. The zero-order chi connectivity index (χ0) is 12.3. The van der Waals surface area contributed by atoms with Gasteiger partial charge in [-0.25, -0.2) is 0 Å². The standard InChI is InChI=1S/C14H20ClNO/c1-14(7-2-3-8-14)10-16-9-11-5-4-6-12(15)13(11)17/h4-6,16-17H,2-3,7-10H2,1H3. The lowest BCUT2D eigenvalue weighted by molar-refractivity contribution is 0.313. The third-order valence-electron chi connectivity index (χ3n) is 3.75. The quantitative estimate of drug-likeness (QED) is 0.857. The van der Waals surface area contributed by atoms with E-state index in [1.807, 2.05) is 12.1 Å². The van der Waals surface area contributed by atoms with Crippen LogP contribution in [0.1, 0.15) is 38.2 Å². The van der Waals surface area contributed by atoms with Crippen LogP contribution in [0.4, 0.5) is 0 Å². The van der Waals surface area contributed by atoms with Crippen LogP contribution in [0.3, 0.4) is 0 Å². The fraction of sp³-hybridized carbons (Fsp3) is 0.571. The number of para-hydroxylation sites is 1. The molecule has 3 heteroatoms. The van der Waals surface area contributed by atoms with Gasteiger partial charge in [0.2, 0.25) is 0 Å². The smallest absolute Gasteiger partial charge is 0.138 e. The lowest BCUT2D eigenvalue weighted by atomic mass is 9.89. The molecule has 0 heterocycles. The summed E-state index contributed by atoms with van der Waals surface area (Å²) in [6, 6.07) is 5.49. The van der Waals surface area contributed by atoms with Crippen LogP contribution in [0.2, 0.25) is 5.02 Å². The van der Waals surface area contributed by atoms with E-state index >= 15 is 0 Å².